The minimum atomic E-state index is 0.0636. The molecule has 2 aromatic rings. The molecule has 5 nitrogen and oxygen atoms in total. The van der Waals surface area contributed by atoms with Crippen molar-refractivity contribution in [2.75, 3.05) is 38.5 Å². The highest BCUT2D eigenvalue weighted by atomic mass is 16.2. The van der Waals surface area contributed by atoms with Gasteiger partial charge in [0.05, 0.1) is 17.4 Å². The smallest absolute Gasteiger partial charge is 0.255 e. The van der Waals surface area contributed by atoms with Crippen molar-refractivity contribution in [3.05, 3.63) is 53.3 Å². The van der Waals surface area contributed by atoms with E-state index in [0.29, 0.717) is 5.56 Å². The van der Waals surface area contributed by atoms with Gasteiger partial charge in [-0.3, -0.25) is 9.78 Å². The van der Waals surface area contributed by atoms with Crippen LogP contribution < -0.4 is 5.32 Å². The van der Waals surface area contributed by atoms with Gasteiger partial charge in [-0.2, -0.15) is 0 Å². The summed E-state index contributed by atoms with van der Waals surface area (Å²) >= 11 is 0. The van der Waals surface area contributed by atoms with Gasteiger partial charge in [0.25, 0.3) is 5.91 Å². The van der Waals surface area contributed by atoms with Crippen LogP contribution in [0.15, 0.2) is 36.7 Å². The lowest BCUT2D eigenvalue weighted by atomic mass is 10.0. The van der Waals surface area contributed by atoms with E-state index in [1.54, 1.807) is 12.4 Å². The maximum absolute atomic E-state index is 12.8. The van der Waals surface area contributed by atoms with Crippen LogP contribution in [0.3, 0.4) is 0 Å². The number of benzene rings is 1. The topological polar surface area (TPSA) is 48.5 Å². The largest absolute Gasteiger partial charge is 0.354 e. The third-order valence-electron chi connectivity index (χ3n) is 5.04. The average Bonchev–Trinajstić information content (AvgIpc) is 2.68. The minimum Gasteiger partial charge on any atom is -0.354 e. The number of anilines is 2. The van der Waals surface area contributed by atoms with Crippen LogP contribution in [0.25, 0.3) is 0 Å². The monoisotopic (exact) mass is 352 g/mol. The lowest BCUT2D eigenvalue weighted by molar-refractivity contribution is 0.0663. The summed E-state index contributed by atoms with van der Waals surface area (Å²) in [4.78, 5) is 21.3. The van der Waals surface area contributed by atoms with Crippen molar-refractivity contribution in [3.63, 3.8) is 0 Å². The summed E-state index contributed by atoms with van der Waals surface area (Å²) in [5.41, 5.74) is 5.20. The number of aryl methyl sites for hydroxylation is 2. The lowest BCUT2D eigenvalue weighted by Crippen LogP contribution is -2.47. The molecule has 1 aromatic carbocycles. The minimum absolute atomic E-state index is 0.0636. The van der Waals surface area contributed by atoms with E-state index >= 15 is 0 Å². The normalized spacial score (nSPS) is 15.1. The summed E-state index contributed by atoms with van der Waals surface area (Å²) in [6, 6.07) is 8.32. The molecule has 1 aliphatic rings. The van der Waals surface area contributed by atoms with E-state index in [9.17, 15) is 4.79 Å². The Balaban J connectivity index is 1.81. The number of hydrogen-bond donors (Lipinski definition) is 1. The highest BCUT2D eigenvalue weighted by Gasteiger charge is 2.21. The molecule has 0 radical (unpaired) electrons. The number of nitrogens with zero attached hydrogens (tertiary/aromatic N) is 3. The second-order valence-electron chi connectivity index (χ2n) is 6.84. The van der Waals surface area contributed by atoms with Crippen molar-refractivity contribution in [1.82, 2.24) is 14.8 Å². The zero-order chi connectivity index (χ0) is 18.5. The van der Waals surface area contributed by atoms with E-state index in [4.69, 9.17) is 0 Å². The van der Waals surface area contributed by atoms with Gasteiger partial charge in [-0.1, -0.05) is 32.0 Å². The van der Waals surface area contributed by atoms with Gasteiger partial charge in [0.1, 0.15) is 0 Å². The molecule has 1 N–H and O–H groups in total. The number of para-hydroxylation sites is 1. The molecule has 3 rings (SSSR count). The molecular formula is C21H28N4O. The van der Waals surface area contributed by atoms with Crippen LogP contribution in [0.2, 0.25) is 0 Å². The Kier molecular flexibility index (Phi) is 5.89. The van der Waals surface area contributed by atoms with E-state index in [-0.39, 0.29) is 5.91 Å². The Morgan fingerprint density at radius 1 is 1.08 bits per heavy atom. The third kappa shape index (κ3) is 4.05. The number of hydrogen-bond acceptors (Lipinski definition) is 4. The second kappa shape index (κ2) is 8.32. The lowest BCUT2D eigenvalue weighted by Gasteiger charge is -2.32. The molecule has 1 amide bonds. The molecule has 26 heavy (non-hydrogen) atoms. The Morgan fingerprint density at radius 2 is 1.73 bits per heavy atom. The number of pyridine rings is 1. The molecule has 0 aliphatic carbocycles. The molecule has 0 bridgehead atoms. The van der Waals surface area contributed by atoms with Crippen molar-refractivity contribution in [3.8, 4) is 0 Å². The van der Waals surface area contributed by atoms with Gasteiger partial charge in [-0.25, -0.2) is 0 Å². The van der Waals surface area contributed by atoms with Gasteiger partial charge in [0, 0.05) is 38.1 Å². The van der Waals surface area contributed by atoms with Crippen LogP contribution in [0, 0.1) is 0 Å². The first-order chi connectivity index (χ1) is 12.6. The Labute approximate surface area is 156 Å². The van der Waals surface area contributed by atoms with Crippen LogP contribution in [0.4, 0.5) is 11.4 Å². The molecular weight excluding hydrogens is 324 g/mol. The molecule has 2 heterocycles. The Morgan fingerprint density at radius 3 is 2.35 bits per heavy atom. The number of likely N-dealkylation sites (N-methyl/N-ethyl adjacent to an activating group) is 1. The van der Waals surface area contributed by atoms with E-state index in [2.05, 4.69) is 54.3 Å². The summed E-state index contributed by atoms with van der Waals surface area (Å²) in [6.07, 6.45) is 5.37. The molecule has 1 aliphatic heterocycles. The van der Waals surface area contributed by atoms with Gasteiger partial charge < -0.3 is 15.1 Å². The predicted octanol–water partition coefficient (Wildman–Crippen LogP) is 3.34. The van der Waals surface area contributed by atoms with Gasteiger partial charge >= 0.3 is 0 Å². The molecule has 1 fully saturated rings. The molecule has 5 heteroatoms. The molecule has 0 atom stereocenters. The average molecular weight is 352 g/mol. The number of nitrogens with one attached hydrogen (secondary N) is 1. The quantitative estimate of drug-likeness (QED) is 0.897. The summed E-state index contributed by atoms with van der Waals surface area (Å²) < 4.78 is 0. The molecule has 138 valence electrons. The second-order valence-corrected chi connectivity index (χ2v) is 6.84. The summed E-state index contributed by atoms with van der Waals surface area (Å²) in [5, 5.41) is 3.51. The first-order valence-electron chi connectivity index (χ1n) is 9.43. The van der Waals surface area contributed by atoms with E-state index in [1.165, 1.54) is 11.1 Å². The van der Waals surface area contributed by atoms with Crippen LogP contribution in [0.1, 0.15) is 35.3 Å². The summed E-state index contributed by atoms with van der Waals surface area (Å²) in [5.74, 6) is 0.0636. The van der Waals surface area contributed by atoms with E-state index < -0.39 is 0 Å². The zero-order valence-corrected chi connectivity index (χ0v) is 16.0. The maximum Gasteiger partial charge on any atom is 0.255 e. The standard InChI is InChI=1S/C21H28N4O/c1-4-16-7-6-8-17(5-2)20(16)23-19-13-18(14-22-15-19)21(26)25-11-9-24(3)10-12-25/h6-8,13-15,23H,4-5,9-12H2,1-3H3. The fourth-order valence-electron chi connectivity index (χ4n) is 3.36. The molecule has 0 saturated carbocycles. The molecule has 1 aromatic heterocycles. The van der Waals surface area contributed by atoms with Crippen molar-refractivity contribution in [2.24, 2.45) is 0 Å². The molecule has 0 spiro atoms. The van der Waals surface area contributed by atoms with Crippen LogP contribution in [-0.2, 0) is 12.8 Å². The predicted molar refractivity (Wildman–Crippen MR) is 106 cm³/mol. The highest BCUT2D eigenvalue weighted by Crippen LogP contribution is 2.26. The maximum atomic E-state index is 12.8. The van der Waals surface area contributed by atoms with Crippen LogP contribution in [0.5, 0.6) is 0 Å². The number of carbonyl (C=O) groups is 1. The number of amides is 1. The van der Waals surface area contributed by atoms with Gasteiger partial charge in [0.15, 0.2) is 0 Å². The first-order valence-corrected chi connectivity index (χ1v) is 9.43. The first kappa shape index (κ1) is 18.4. The van der Waals surface area contributed by atoms with Crippen molar-refractivity contribution < 1.29 is 4.79 Å². The number of rotatable bonds is 5. The number of carbonyl (C=O) groups excluding carboxylic acids is 1. The van der Waals surface area contributed by atoms with Crippen molar-refractivity contribution in [1.29, 1.82) is 0 Å². The van der Waals surface area contributed by atoms with Gasteiger partial charge in [-0.05, 0) is 37.1 Å². The van der Waals surface area contributed by atoms with Gasteiger partial charge in [-0.15, -0.1) is 0 Å². The van der Waals surface area contributed by atoms with E-state index in [0.717, 1.165) is 50.4 Å². The van der Waals surface area contributed by atoms with Crippen LogP contribution in [-0.4, -0.2) is 53.9 Å². The number of aromatic nitrogens is 1. The fourth-order valence-corrected chi connectivity index (χ4v) is 3.36. The zero-order valence-electron chi connectivity index (χ0n) is 16.0. The summed E-state index contributed by atoms with van der Waals surface area (Å²) in [6.45, 7) is 7.69. The number of piperazine rings is 1. The SMILES string of the molecule is CCc1cccc(CC)c1Nc1cncc(C(=O)N2CCN(C)CC2)c1. The van der Waals surface area contributed by atoms with E-state index in [1.807, 2.05) is 11.0 Å². The molecule has 1 saturated heterocycles. The Bertz CT molecular complexity index is 744. The van der Waals surface area contributed by atoms with Crippen molar-refractivity contribution >= 4 is 17.3 Å². The Hall–Kier alpha value is -2.40. The van der Waals surface area contributed by atoms with Crippen LogP contribution >= 0.6 is 0 Å². The molecule has 0 unspecified atom stereocenters. The highest BCUT2D eigenvalue weighted by molar-refractivity contribution is 5.95. The fraction of sp³-hybridized carbons (Fsp3) is 0.429. The van der Waals surface area contributed by atoms with Gasteiger partial charge in [0.2, 0.25) is 0 Å². The van der Waals surface area contributed by atoms with Crippen molar-refractivity contribution in [2.45, 2.75) is 26.7 Å². The third-order valence-corrected chi connectivity index (χ3v) is 5.04. The summed E-state index contributed by atoms with van der Waals surface area (Å²) in [7, 11) is 2.09.